The molecule has 1 aliphatic rings. The monoisotopic (exact) mass is 189 g/mol. The Morgan fingerprint density at radius 1 is 1.57 bits per heavy atom. The largest absolute Gasteiger partial charge is 0.325 e. The lowest BCUT2D eigenvalue weighted by atomic mass is 9.98. The molecule has 1 atom stereocenters. The molecule has 2 nitrogen and oxygen atoms in total. The van der Waals surface area contributed by atoms with Crippen molar-refractivity contribution >= 4 is 11.6 Å². The third kappa shape index (κ3) is 1.25. The Morgan fingerprint density at radius 3 is 3.07 bits per heavy atom. The minimum absolute atomic E-state index is 0.149. The summed E-state index contributed by atoms with van der Waals surface area (Å²) in [7, 11) is 0. The van der Waals surface area contributed by atoms with Crippen molar-refractivity contribution < 1.29 is 9.18 Å². The number of nitrogens with one attached hydrogen (secondary N) is 1. The van der Waals surface area contributed by atoms with Crippen LogP contribution in [0.25, 0.3) is 0 Å². The predicted octanol–water partition coefficient (Wildman–Crippen LogP) is 1.88. The van der Waals surface area contributed by atoms with Crippen molar-refractivity contribution in [2.75, 3.05) is 5.32 Å². The van der Waals surface area contributed by atoms with Gasteiger partial charge in [-0.25, -0.2) is 4.39 Å². The van der Waals surface area contributed by atoms with Gasteiger partial charge in [0.25, 0.3) is 0 Å². The summed E-state index contributed by atoms with van der Waals surface area (Å²) in [6.07, 6.45) is 5.45. The average Bonchev–Trinajstić information content (AvgIpc) is 2.45. The first kappa shape index (κ1) is 8.76. The standard InChI is InChI=1S/C11H8FNO/c1-2-3-8-9-6-7(12)4-5-10(9)13-11(8)14/h1,4-6,8H,3H2,(H,13,14). The van der Waals surface area contributed by atoms with Crippen molar-refractivity contribution in [2.45, 2.75) is 12.3 Å². The summed E-state index contributed by atoms with van der Waals surface area (Å²) in [5.74, 6) is 1.53. The predicted molar refractivity (Wildman–Crippen MR) is 51.2 cm³/mol. The summed E-state index contributed by atoms with van der Waals surface area (Å²) in [5, 5.41) is 2.66. The van der Waals surface area contributed by atoms with E-state index in [9.17, 15) is 9.18 Å². The molecule has 14 heavy (non-hydrogen) atoms. The maximum Gasteiger partial charge on any atom is 0.232 e. The molecule has 0 saturated carbocycles. The van der Waals surface area contributed by atoms with E-state index in [1.807, 2.05) is 0 Å². The van der Waals surface area contributed by atoms with E-state index in [1.165, 1.54) is 12.1 Å². The van der Waals surface area contributed by atoms with Crippen LogP contribution >= 0.6 is 0 Å². The van der Waals surface area contributed by atoms with Crippen LogP contribution in [0.1, 0.15) is 17.9 Å². The molecule has 1 aromatic rings. The van der Waals surface area contributed by atoms with E-state index >= 15 is 0 Å². The summed E-state index contributed by atoms with van der Waals surface area (Å²) in [6.45, 7) is 0. The Kier molecular flexibility index (Phi) is 1.97. The van der Waals surface area contributed by atoms with Crippen LogP contribution in [-0.4, -0.2) is 5.91 Å². The minimum Gasteiger partial charge on any atom is -0.325 e. The van der Waals surface area contributed by atoms with Crippen LogP contribution in [0.15, 0.2) is 18.2 Å². The highest BCUT2D eigenvalue weighted by atomic mass is 19.1. The number of anilines is 1. The molecule has 3 heteroatoms. The second kappa shape index (κ2) is 3.15. The molecule has 1 N–H and O–H groups in total. The SMILES string of the molecule is C#CCC1C(=O)Nc2ccc(F)cc21. The third-order valence-electron chi connectivity index (χ3n) is 2.29. The second-order valence-electron chi connectivity index (χ2n) is 3.18. The highest BCUT2D eigenvalue weighted by molar-refractivity contribution is 6.03. The number of benzene rings is 1. The molecule has 0 aromatic heterocycles. The van der Waals surface area contributed by atoms with Crippen molar-refractivity contribution in [3.05, 3.63) is 29.6 Å². The van der Waals surface area contributed by atoms with Crippen LogP contribution in [0.2, 0.25) is 0 Å². The topological polar surface area (TPSA) is 29.1 Å². The zero-order chi connectivity index (χ0) is 10.1. The molecule has 0 radical (unpaired) electrons. The van der Waals surface area contributed by atoms with Crippen LogP contribution < -0.4 is 5.32 Å². The lowest BCUT2D eigenvalue weighted by Crippen LogP contribution is -2.11. The zero-order valence-electron chi connectivity index (χ0n) is 7.38. The summed E-state index contributed by atoms with van der Waals surface area (Å²) in [4.78, 5) is 11.4. The van der Waals surface area contributed by atoms with Crippen molar-refractivity contribution in [3.63, 3.8) is 0 Å². The van der Waals surface area contributed by atoms with Gasteiger partial charge in [-0.15, -0.1) is 12.3 Å². The van der Waals surface area contributed by atoms with E-state index in [0.717, 1.165) is 0 Å². The number of terminal acetylenes is 1. The summed E-state index contributed by atoms with van der Waals surface area (Å²) >= 11 is 0. The van der Waals surface area contributed by atoms with Crippen LogP contribution in [0.4, 0.5) is 10.1 Å². The number of hydrogen-bond donors (Lipinski definition) is 1. The molecule has 70 valence electrons. The maximum absolute atomic E-state index is 12.9. The number of fused-ring (bicyclic) bond motifs is 1. The molecule has 0 bridgehead atoms. The van der Waals surface area contributed by atoms with Crippen LogP contribution in [-0.2, 0) is 4.79 Å². The van der Waals surface area contributed by atoms with Gasteiger partial charge in [0.2, 0.25) is 5.91 Å². The third-order valence-corrected chi connectivity index (χ3v) is 2.29. The highest BCUT2D eigenvalue weighted by Gasteiger charge is 2.29. The molecule has 1 aliphatic heterocycles. The second-order valence-corrected chi connectivity index (χ2v) is 3.18. The van der Waals surface area contributed by atoms with E-state index in [1.54, 1.807) is 6.07 Å². The summed E-state index contributed by atoms with van der Waals surface area (Å²) in [5.41, 5.74) is 1.32. The normalized spacial score (nSPS) is 18.6. The Bertz CT molecular complexity index is 433. The fourth-order valence-corrected chi connectivity index (χ4v) is 1.62. The number of carbonyl (C=O) groups is 1. The fourth-order valence-electron chi connectivity index (χ4n) is 1.62. The first-order valence-electron chi connectivity index (χ1n) is 4.26. The highest BCUT2D eigenvalue weighted by Crippen LogP contribution is 2.34. The Hall–Kier alpha value is -1.82. The van der Waals surface area contributed by atoms with E-state index in [2.05, 4.69) is 11.2 Å². The van der Waals surface area contributed by atoms with Crippen molar-refractivity contribution in [1.82, 2.24) is 0 Å². The molecule has 2 rings (SSSR count). The van der Waals surface area contributed by atoms with Gasteiger partial charge in [0.05, 0.1) is 5.92 Å². The van der Waals surface area contributed by atoms with E-state index < -0.39 is 5.92 Å². The van der Waals surface area contributed by atoms with Crippen molar-refractivity contribution in [2.24, 2.45) is 0 Å². The quantitative estimate of drug-likeness (QED) is 0.671. The van der Waals surface area contributed by atoms with Crippen molar-refractivity contribution in [1.29, 1.82) is 0 Å². The molecular weight excluding hydrogens is 181 g/mol. The van der Waals surface area contributed by atoms with Crippen LogP contribution in [0.3, 0.4) is 0 Å². The number of halogens is 1. The lowest BCUT2D eigenvalue weighted by molar-refractivity contribution is -0.116. The molecule has 1 amide bonds. The molecule has 1 heterocycles. The molecule has 0 fully saturated rings. The van der Waals surface area contributed by atoms with Gasteiger partial charge in [0.15, 0.2) is 0 Å². The van der Waals surface area contributed by atoms with Gasteiger partial charge in [-0.1, -0.05) is 0 Å². The Balaban J connectivity index is 2.45. The van der Waals surface area contributed by atoms with Crippen molar-refractivity contribution in [3.8, 4) is 12.3 Å². The number of carbonyl (C=O) groups excluding carboxylic acids is 1. The van der Waals surface area contributed by atoms with Gasteiger partial charge in [-0.2, -0.15) is 0 Å². The molecular formula is C11H8FNO. The first-order valence-corrected chi connectivity index (χ1v) is 4.26. The Morgan fingerprint density at radius 2 is 2.36 bits per heavy atom. The van der Waals surface area contributed by atoms with Crippen LogP contribution in [0, 0.1) is 18.2 Å². The smallest absolute Gasteiger partial charge is 0.232 e. The maximum atomic E-state index is 12.9. The van der Waals surface area contributed by atoms with Gasteiger partial charge in [-0.05, 0) is 23.8 Å². The first-order chi connectivity index (χ1) is 6.72. The van der Waals surface area contributed by atoms with Crippen LogP contribution in [0.5, 0.6) is 0 Å². The van der Waals surface area contributed by atoms with Gasteiger partial charge in [0, 0.05) is 12.1 Å². The summed E-state index contributed by atoms with van der Waals surface area (Å²) in [6, 6.07) is 4.23. The zero-order valence-corrected chi connectivity index (χ0v) is 7.38. The van der Waals surface area contributed by atoms with Gasteiger partial charge < -0.3 is 5.32 Å². The van der Waals surface area contributed by atoms with E-state index in [0.29, 0.717) is 17.7 Å². The number of amides is 1. The molecule has 1 aromatic carbocycles. The Labute approximate surface area is 81.1 Å². The summed E-state index contributed by atoms with van der Waals surface area (Å²) < 4.78 is 12.9. The van der Waals surface area contributed by atoms with E-state index in [-0.39, 0.29) is 11.7 Å². The van der Waals surface area contributed by atoms with Gasteiger partial charge in [0.1, 0.15) is 5.82 Å². The number of rotatable bonds is 1. The average molecular weight is 189 g/mol. The molecule has 1 unspecified atom stereocenters. The molecule has 0 spiro atoms. The molecule has 0 aliphatic carbocycles. The minimum atomic E-state index is -0.398. The van der Waals surface area contributed by atoms with Gasteiger partial charge in [-0.3, -0.25) is 4.79 Å². The number of hydrogen-bond acceptors (Lipinski definition) is 1. The van der Waals surface area contributed by atoms with E-state index in [4.69, 9.17) is 6.42 Å². The lowest BCUT2D eigenvalue weighted by Gasteiger charge is -2.03. The van der Waals surface area contributed by atoms with Gasteiger partial charge >= 0.3 is 0 Å². The molecule has 0 saturated heterocycles. The fraction of sp³-hybridized carbons (Fsp3) is 0.182.